The number of allylic oxidation sites excluding steroid dienone is 1. The lowest BCUT2D eigenvalue weighted by molar-refractivity contribution is 0.0468. The molecule has 0 unspecified atom stereocenters. The number of benzene rings is 1. The second kappa shape index (κ2) is 15.8. The highest BCUT2D eigenvalue weighted by molar-refractivity contribution is 6.03. The number of esters is 2. The van der Waals surface area contributed by atoms with Crippen LogP contribution in [0.5, 0.6) is 0 Å². The molecule has 1 rings (SSSR count). The standard InChI is InChI=1S/C25H38O4/c1-4-5-6-7-8-9-10-11-14-19-28-24(26)22-17-12-13-18-23(22)25(27)29-20-15-16-21(2)3/h11-14,17-18,21H,4-10,15-16,19-20H2,1-3H3/b14-11+. The normalized spacial score (nSPS) is 11.2. The summed E-state index contributed by atoms with van der Waals surface area (Å²) >= 11 is 0. The summed E-state index contributed by atoms with van der Waals surface area (Å²) in [5.74, 6) is -0.394. The Bertz CT molecular complexity index is 619. The molecule has 162 valence electrons. The minimum Gasteiger partial charge on any atom is -0.462 e. The first-order valence-corrected chi connectivity index (χ1v) is 11.1. The maximum absolute atomic E-state index is 12.4. The van der Waals surface area contributed by atoms with E-state index >= 15 is 0 Å². The molecule has 0 amide bonds. The van der Waals surface area contributed by atoms with Gasteiger partial charge in [-0.05, 0) is 43.7 Å². The molecule has 0 atom stereocenters. The van der Waals surface area contributed by atoms with Gasteiger partial charge in [-0.15, -0.1) is 0 Å². The lowest BCUT2D eigenvalue weighted by Gasteiger charge is -2.09. The Morgan fingerprint density at radius 2 is 1.48 bits per heavy atom. The molecule has 0 saturated carbocycles. The number of carbonyl (C=O) groups is 2. The number of hydrogen-bond acceptors (Lipinski definition) is 4. The molecule has 0 aliphatic rings. The van der Waals surface area contributed by atoms with Crippen molar-refractivity contribution >= 4 is 11.9 Å². The Balaban J connectivity index is 2.37. The van der Waals surface area contributed by atoms with Crippen molar-refractivity contribution in [2.75, 3.05) is 13.2 Å². The van der Waals surface area contributed by atoms with Gasteiger partial charge in [-0.2, -0.15) is 0 Å². The number of unbranched alkanes of at least 4 members (excludes halogenated alkanes) is 6. The second-order valence-electron chi connectivity index (χ2n) is 7.84. The van der Waals surface area contributed by atoms with Gasteiger partial charge in [0.25, 0.3) is 0 Å². The zero-order chi connectivity index (χ0) is 21.3. The third kappa shape index (κ3) is 11.5. The maximum Gasteiger partial charge on any atom is 0.339 e. The van der Waals surface area contributed by atoms with Crippen LogP contribution in [0.3, 0.4) is 0 Å². The average molecular weight is 403 g/mol. The van der Waals surface area contributed by atoms with Gasteiger partial charge in [-0.1, -0.05) is 77.2 Å². The van der Waals surface area contributed by atoms with Gasteiger partial charge in [0.1, 0.15) is 6.61 Å². The van der Waals surface area contributed by atoms with Crippen LogP contribution in [-0.2, 0) is 9.47 Å². The zero-order valence-electron chi connectivity index (χ0n) is 18.5. The highest BCUT2D eigenvalue weighted by atomic mass is 16.5. The van der Waals surface area contributed by atoms with Crippen molar-refractivity contribution in [2.24, 2.45) is 5.92 Å². The molecule has 1 aromatic rings. The predicted octanol–water partition coefficient (Wildman–Crippen LogP) is 6.74. The van der Waals surface area contributed by atoms with Crippen LogP contribution in [0.15, 0.2) is 36.4 Å². The fourth-order valence-corrected chi connectivity index (χ4v) is 3.00. The monoisotopic (exact) mass is 402 g/mol. The Labute approximate surface area is 176 Å². The molecular formula is C25H38O4. The molecule has 0 aliphatic heterocycles. The van der Waals surface area contributed by atoms with Gasteiger partial charge in [-0.3, -0.25) is 0 Å². The predicted molar refractivity (Wildman–Crippen MR) is 118 cm³/mol. The minimum absolute atomic E-state index is 0.215. The van der Waals surface area contributed by atoms with E-state index in [0.717, 1.165) is 19.3 Å². The second-order valence-corrected chi connectivity index (χ2v) is 7.84. The number of carbonyl (C=O) groups excluding carboxylic acids is 2. The fraction of sp³-hybridized carbons (Fsp3) is 0.600. The van der Waals surface area contributed by atoms with E-state index in [4.69, 9.17) is 9.47 Å². The molecule has 4 heteroatoms. The van der Waals surface area contributed by atoms with Crippen molar-refractivity contribution in [2.45, 2.75) is 78.6 Å². The van der Waals surface area contributed by atoms with Gasteiger partial charge >= 0.3 is 11.9 Å². The van der Waals surface area contributed by atoms with Crippen LogP contribution in [0.2, 0.25) is 0 Å². The van der Waals surface area contributed by atoms with Gasteiger partial charge in [0.15, 0.2) is 0 Å². The lowest BCUT2D eigenvalue weighted by atomic mass is 10.1. The van der Waals surface area contributed by atoms with Crippen molar-refractivity contribution in [3.8, 4) is 0 Å². The quantitative estimate of drug-likeness (QED) is 0.185. The zero-order valence-corrected chi connectivity index (χ0v) is 18.5. The number of hydrogen-bond donors (Lipinski definition) is 0. The van der Waals surface area contributed by atoms with Gasteiger partial charge in [0.05, 0.1) is 17.7 Å². The molecule has 0 saturated heterocycles. The van der Waals surface area contributed by atoms with E-state index in [1.165, 1.54) is 38.5 Å². The number of rotatable bonds is 15. The van der Waals surface area contributed by atoms with E-state index in [1.807, 2.05) is 6.08 Å². The molecule has 0 radical (unpaired) electrons. The van der Waals surface area contributed by atoms with Crippen LogP contribution < -0.4 is 0 Å². The molecule has 0 aliphatic carbocycles. The fourth-order valence-electron chi connectivity index (χ4n) is 3.00. The molecule has 0 spiro atoms. The smallest absolute Gasteiger partial charge is 0.339 e. The van der Waals surface area contributed by atoms with Crippen LogP contribution >= 0.6 is 0 Å². The van der Waals surface area contributed by atoms with Crippen LogP contribution in [0, 0.1) is 5.92 Å². The van der Waals surface area contributed by atoms with Crippen molar-refractivity contribution in [1.82, 2.24) is 0 Å². The SMILES string of the molecule is CCCCCCCC/C=C/COC(=O)c1ccccc1C(=O)OCCCC(C)C. The molecule has 4 nitrogen and oxygen atoms in total. The van der Waals surface area contributed by atoms with E-state index in [1.54, 1.807) is 24.3 Å². The van der Waals surface area contributed by atoms with Gasteiger partial charge in [-0.25, -0.2) is 9.59 Å². The molecule has 0 N–H and O–H groups in total. The van der Waals surface area contributed by atoms with Gasteiger partial charge in [0, 0.05) is 0 Å². The first kappa shape index (κ1) is 24.9. The summed E-state index contributed by atoms with van der Waals surface area (Å²) in [6.45, 7) is 7.07. The van der Waals surface area contributed by atoms with E-state index in [0.29, 0.717) is 12.5 Å². The highest BCUT2D eigenvalue weighted by Gasteiger charge is 2.18. The van der Waals surface area contributed by atoms with Crippen LogP contribution in [-0.4, -0.2) is 25.2 Å². The van der Waals surface area contributed by atoms with Crippen LogP contribution in [0.4, 0.5) is 0 Å². The Morgan fingerprint density at radius 3 is 2.14 bits per heavy atom. The van der Waals surface area contributed by atoms with E-state index in [9.17, 15) is 9.59 Å². The lowest BCUT2D eigenvalue weighted by Crippen LogP contribution is -2.14. The molecule has 0 bridgehead atoms. The van der Waals surface area contributed by atoms with Crippen molar-refractivity contribution in [3.05, 3.63) is 47.5 Å². The molecule has 0 fully saturated rings. The first-order valence-electron chi connectivity index (χ1n) is 11.1. The first-order chi connectivity index (χ1) is 14.1. The number of ether oxygens (including phenoxy) is 2. The molecule has 0 aromatic heterocycles. The largest absolute Gasteiger partial charge is 0.462 e. The average Bonchev–Trinajstić information content (AvgIpc) is 2.72. The highest BCUT2D eigenvalue weighted by Crippen LogP contribution is 2.13. The van der Waals surface area contributed by atoms with Gasteiger partial charge in [0.2, 0.25) is 0 Å². The van der Waals surface area contributed by atoms with E-state index < -0.39 is 11.9 Å². The molecule has 0 heterocycles. The summed E-state index contributed by atoms with van der Waals surface area (Å²) in [6, 6.07) is 6.66. The van der Waals surface area contributed by atoms with Crippen LogP contribution in [0.1, 0.15) is 99.3 Å². The van der Waals surface area contributed by atoms with Gasteiger partial charge < -0.3 is 9.47 Å². The van der Waals surface area contributed by atoms with Crippen molar-refractivity contribution in [3.63, 3.8) is 0 Å². The topological polar surface area (TPSA) is 52.6 Å². The summed E-state index contributed by atoms with van der Waals surface area (Å²) in [5, 5.41) is 0. The summed E-state index contributed by atoms with van der Waals surface area (Å²) in [6.07, 6.45) is 14.4. The molecule has 29 heavy (non-hydrogen) atoms. The summed E-state index contributed by atoms with van der Waals surface area (Å²) in [4.78, 5) is 24.7. The van der Waals surface area contributed by atoms with Crippen LogP contribution in [0.25, 0.3) is 0 Å². The molecule has 1 aromatic carbocycles. The molecular weight excluding hydrogens is 364 g/mol. The maximum atomic E-state index is 12.4. The Kier molecular flexibility index (Phi) is 13.6. The van der Waals surface area contributed by atoms with Crippen molar-refractivity contribution < 1.29 is 19.1 Å². The van der Waals surface area contributed by atoms with E-state index in [2.05, 4.69) is 26.8 Å². The summed E-state index contributed by atoms with van der Waals surface area (Å²) in [5.41, 5.74) is 0.517. The van der Waals surface area contributed by atoms with E-state index in [-0.39, 0.29) is 17.7 Å². The Hall–Kier alpha value is -2.10. The summed E-state index contributed by atoms with van der Waals surface area (Å²) < 4.78 is 10.6. The summed E-state index contributed by atoms with van der Waals surface area (Å²) in [7, 11) is 0. The third-order valence-electron chi connectivity index (χ3n) is 4.73. The third-order valence-corrected chi connectivity index (χ3v) is 4.73. The Morgan fingerprint density at radius 1 is 0.862 bits per heavy atom. The van der Waals surface area contributed by atoms with Crippen molar-refractivity contribution in [1.29, 1.82) is 0 Å². The minimum atomic E-state index is -0.496.